The van der Waals surface area contributed by atoms with E-state index in [9.17, 15) is 14.7 Å². The largest absolute Gasteiger partial charge is 0.481 e. The van der Waals surface area contributed by atoms with Crippen molar-refractivity contribution >= 4 is 17.6 Å². The number of carbonyl (C=O) groups is 2. The number of oxime groups is 1. The Hall–Kier alpha value is -2.37. The highest BCUT2D eigenvalue weighted by molar-refractivity contribution is 6.04. The lowest BCUT2D eigenvalue weighted by molar-refractivity contribution is -0.151. The third-order valence-electron chi connectivity index (χ3n) is 4.37. The molecule has 1 aromatic rings. The van der Waals surface area contributed by atoms with E-state index in [0.29, 0.717) is 19.4 Å². The minimum absolute atomic E-state index is 0.169. The SMILES string of the molecule is CC1CC(C(=O)O)CN(C(=O)C2CC(c3ccccc3)=NO2)C1. The van der Waals surface area contributed by atoms with Crippen molar-refractivity contribution < 1.29 is 19.5 Å². The first-order chi connectivity index (χ1) is 11.0. The lowest BCUT2D eigenvalue weighted by Gasteiger charge is -2.35. The molecule has 2 aliphatic rings. The van der Waals surface area contributed by atoms with Gasteiger partial charge >= 0.3 is 5.97 Å². The first-order valence-electron chi connectivity index (χ1n) is 7.84. The molecule has 1 aromatic carbocycles. The molecule has 2 aliphatic heterocycles. The molecule has 0 spiro atoms. The summed E-state index contributed by atoms with van der Waals surface area (Å²) in [6.45, 7) is 2.79. The molecule has 1 fully saturated rings. The van der Waals surface area contributed by atoms with Gasteiger partial charge in [0.25, 0.3) is 5.91 Å². The molecule has 0 saturated carbocycles. The third kappa shape index (κ3) is 3.36. The number of aliphatic carboxylic acids is 1. The number of amides is 1. The van der Waals surface area contributed by atoms with Gasteiger partial charge in [0.2, 0.25) is 6.10 Å². The van der Waals surface area contributed by atoms with Crippen molar-refractivity contribution in [3.05, 3.63) is 35.9 Å². The van der Waals surface area contributed by atoms with Gasteiger partial charge in [0.1, 0.15) is 0 Å². The molecule has 6 nitrogen and oxygen atoms in total. The van der Waals surface area contributed by atoms with E-state index in [2.05, 4.69) is 5.16 Å². The number of rotatable bonds is 3. The standard InChI is InChI=1S/C17H20N2O4/c1-11-7-13(17(21)22)10-19(9-11)16(20)15-8-14(18-23-15)12-5-3-2-4-6-12/h2-6,11,13,15H,7-10H2,1H3,(H,21,22). The highest BCUT2D eigenvalue weighted by Crippen LogP contribution is 2.25. The molecule has 122 valence electrons. The van der Waals surface area contributed by atoms with Gasteiger partial charge in [0, 0.05) is 19.5 Å². The first-order valence-corrected chi connectivity index (χ1v) is 7.84. The fourth-order valence-electron chi connectivity index (χ4n) is 3.22. The van der Waals surface area contributed by atoms with Crippen LogP contribution >= 0.6 is 0 Å². The van der Waals surface area contributed by atoms with Crippen LogP contribution in [0.4, 0.5) is 0 Å². The molecule has 1 amide bonds. The van der Waals surface area contributed by atoms with Crippen molar-refractivity contribution in [3.8, 4) is 0 Å². The number of hydrogen-bond acceptors (Lipinski definition) is 4. The first kappa shape index (κ1) is 15.5. The molecule has 1 N–H and O–H groups in total. The van der Waals surface area contributed by atoms with Gasteiger partial charge in [-0.05, 0) is 17.9 Å². The number of likely N-dealkylation sites (tertiary alicyclic amines) is 1. The van der Waals surface area contributed by atoms with Crippen molar-refractivity contribution in [1.29, 1.82) is 0 Å². The van der Waals surface area contributed by atoms with Gasteiger partial charge in [-0.15, -0.1) is 0 Å². The fraction of sp³-hybridized carbons (Fsp3) is 0.471. The number of piperidine rings is 1. The smallest absolute Gasteiger partial charge is 0.308 e. The number of carboxylic acids is 1. The topological polar surface area (TPSA) is 79.2 Å². The van der Waals surface area contributed by atoms with Gasteiger partial charge in [0.15, 0.2) is 0 Å². The van der Waals surface area contributed by atoms with Crippen LogP contribution in [0.5, 0.6) is 0 Å². The number of nitrogens with zero attached hydrogens (tertiary/aromatic N) is 2. The van der Waals surface area contributed by atoms with Gasteiger partial charge in [-0.3, -0.25) is 9.59 Å². The van der Waals surface area contributed by atoms with Crippen LogP contribution in [-0.4, -0.2) is 46.8 Å². The molecule has 3 unspecified atom stereocenters. The molecule has 1 saturated heterocycles. The average Bonchev–Trinajstić information content (AvgIpc) is 3.04. The summed E-state index contributed by atoms with van der Waals surface area (Å²) in [5.74, 6) is -1.34. The Balaban J connectivity index is 1.64. The van der Waals surface area contributed by atoms with E-state index in [1.807, 2.05) is 37.3 Å². The zero-order valence-electron chi connectivity index (χ0n) is 13.0. The van der Waals surface area contributed by atoms with E-state index < -0.39 is 18.0 Å². The summed E-state index contributed by atoms with van der Waals surface area (Å²) in [5.41, 5.74) is 1.70. The van der Waals surface area contributed by atoms with Crippen molar-refractivity contribution in [2.75, 3.05) is 13.1 Å². The molecule has 3 rings (SSSR count). The summed E-state index contributed by atoms with van der Waals surface area (Å²) >= 11 is 0. The predicted octanol–water partition coefficient (Wildman–Crippen LogP) is 1.75. The van der Waals surface area contributed by atoms with Crippen molar-refractivity contribution in [1.82, 2.24) is 4.90 Å². The molecular weight excluding hydrogens is 296 g/mol. The molecule has 0 radical (unpaired) electrons. The number of carbonyl (C=O) groups excluding carboxylic acids is 1. The molecule has 0 aliphatic carbocycles. The van der Waals surface area contributed by atoms with Crippen molar-refractivity contribution in [2.45, 2.75) is 25.9 Å². The van der Waals surface area contributed by atoms with Crippen molar-refractivity contribution in [3.63, 3.8) is 0 Å². The highest BCUT2D eigenvalue weighted by Gasteiger charge is 2.37. The average molecular weight is 316 g/mol. The number of carboxylic acid groups (broad SMARTS) is 1. The van der Waals surface area contributed by atoms with Crippen LogP contribution in [0.15, 0.2) is 35.5 Å². The quantitative estimate of drug-likeness (QED) is 0.921. The predicted molar refractivity (Wildman–Crippen MR) is 84.0 cm³/mol. The lowest BCUT2D eigenvalue weighted by Crippen LogP contribution is -2.49. The Bertz CT molecular complexity index is 629. The monoisotopic (exact) mass is 316 g/mol. The van der Waals surface area contributed by atoms with Crippen LogP contribution in [0.25, 0.3) is 0 Å². The number of hydrogen-bond donors (Lipinski definition) is 1. The summed E-state index contributed by atoms with van der Waals surface area (Å²) in [7, 11) is 0. The number of benzene rings is 1. The van der Waals surface area contributed by atoms with Gasteiger partial charge < -0.3 is 14.8 Å². The molecule has 6 heteroatoms. The second kappa shape index (κ2) is 6.40. The molecule has 2 heterocycles. The third-order valence-corrected chi connectivity index (χ3v) is 4.37. The summed E-state index contributed by atoms with van der Waals surface area (Å²) in [4.78, 5) is 30.8. The van der Waals surface area contributed by atoms with Crippen LogP contribution < -0.4 is 0 Å². The van der Waals surface area contributed by atoms with Crippen LogP contribution in [0.2, 0.25) is 0 Å². The summed E-state index contributed by atoms with van der Waals surface area (Å²) < 4.78 is 0. The van der Waals surface area contributed by atoms with Crippen LogP contribution in [0.1, 0.15) is 25.3 Å². The molecule has 3 atom stereocenters. The zero-order chi connectivity index (χ0) is 16.4. The van der Waals surface area contributed by atoms with E-state index in [1.54, 1.807) is 4.90 Å². The Morgan fingerprint density at radius 3 is 2.70 bits per heavy atom. The maximum Gasteiger partial charge on any atom is 0.308 e. The van der Waals surface area contributed by atoms with Gasteiger partial charge in [-0.1, -0.05) is 42.4 Å². The van der Waals surface area contributed by atoms with Crippen LogP contribution in [0, 0.1) is 11.8 Å². The van der Waals surface area contributed by atoms with Gasteiger partial charge in [-0.25, -0.2) is 0 Å². The van der Waals surface area contributed by atoms with E-state index in [4.69, 9.17) is 4.84 Å². The summed E-state index contributed by atoms with van der Waals surface area (Å²) in [6.07, 6.45) is 0.381. The second-order valence-electron chi connectivity index (χ2n) is 6.32. The minimum Gasteiger partial charge on any atom is -0.481 e. The minimum atomic E-state index is -0.845. The summed E-state index contributed by atoms with van der Waals surface area (Å²) in [6, 6.07) is 9.61. The Labute approximate surface area is 134 Å². The van der Waals surface area contributed by atoms with E-state index in [-0.39, 0.29) is 18.4 Å². The van der Waals surface area contributed by atoms with Crippen molar-refractivity contribution in [2.24, 2.45) is 17.0 Å². The van der Waals surface area contributed by atoms with Gasteiger partial charge in [0.05, 0.1) is 11.6 Å². The maximum absolute atomic E-state index is 12.6. The normalized spacial score (nSPS) is 27.3. The van der Waals surface area contributed by atoms with Crippen LogP contribution in [-0.2, 0) is 14.4 Å². The Morgan fingerprint density at radius 1 is 1.26 bits per heavy atom. The maximum atomic E-state index is 12.6. The molecule has 23 heavy (non-hydrogen) atoms. The Morgan fingerprint density at radius 2 is 2.00 bits per heavy atom. The molecule has 0 aromatic heterocycles. The Kier molecular flexibility index (Phi) is 4.32. The zero-order valence-corrected chi connectivity index (χ0v) is 13.0. The fourth-order valence-corrected chi connectivity index (χ4v) is 3.22. The second-order valence-corrected chi connectivity index (χ2v) is 6.32. The van der Waals surface area contributed by atoms with E-state index in [1.165, 1.54) is 0 Å². The van der Waals surface area contributed by atoms with Gasteiger partial charge in [-0.2, -0.15) is 0 Å². The lowest BCUT2D eigenvalue weighted by atomic mass is 9.90. The van der Waals surface area contributed by atoms with E-state index >= 15 is 0 Å². The highest BCUT2D eigenvalue weighted by atomic mass is 16.6. The van der Waals surface area contributed by atoms with E-state index in [0.717, 1.165) is 11.3 Å². The molecular formula is C17H20N2O4. The van der Waals surface area contributed by atoms with Crippen LogP contribution in [0.3, 0.4) is 0 Å². The summed E-state index contributed by atoms with van der Waals surface area (Å²) in [5, 5.41) is 13.2. The molecule has 0 bridgehead atoms.